The molecule has 0 radical (unpaired) electrons. The third-order valence-corrected chi connectivity index (χ3v) is 3.40. The van der Waals surface area contributed by atoms with E-state index in [4.69, 9.17) is 10.5 Å². The van der Waals surface area contributed by atoms with Gasteiger partial charge in [0.2, 0.25) is 5.71 Å². The van der Waals surface area contributed by atoms with E-state index in [1.807, 2.05) is 12.1 Å². The molecule has 1 aromatic carbocycles. The Labute approximate surface area is 139 Å². The van der Waals surface area contributed by atoms with Crippen molar-refractivity contribution in [3.05, 3.63) is 41.1 Å². The highest BCUT2D eigenvalue weighted by Crippen LogP contribution is 2.24. The number of H-pyrrole nitrogens is 1. The lowest BCUT2D eigenvalue weighted by molar-refractivity contribution is 1.26. The van der Waals surface area contributed by atoms with Gasteiger partial charge >= 0.3 is 0 Å². The zero-order valence-electron chi connectivity index (χ0n) is 11.6. The van der Waals surface area contributed by atoms with Crippen LogP contribution in [0.3, 0.4) is 0 Å². The molecular weight excluding hydrogens is 358 g/mol. The molecule has 23 heavy (non-hydrogen) atoms. The SMILES string of the molecule is N#CC(C#N)=NNc1ccc2nc(-c3cncc(Br)c3)[nH]c2c1. The van der Waals surface area contributed by atoms with E-state index >= 15 is 0 Å². The number of fused-ring (bicyclic) bond motifs is 1. The van der Waals surface area contributed by atoms with Crippen molar-refractivity contribution >= 4 is 38.4 Å². The molecule has 0 spiro atoms. The molecule has 0 atom stereocenters. The van der Waals surface area contributed by atoms with Crippen LogP contribution >= 0.6 is 15.9 Å². The Morgan fingerprint density at radius 2 is 2.04 bits per heavy atom. The second kappa shape index (κ2) is 6.26. The summed E-state index contributed by atoms with van der Waals surface area (Å²) < 4.78 is 0.868. The normalized spacial score (nSPS) is 9.87. The van der Waals surface area contributed by atoms with Gasteiger partial charge < -0.3 is 4.98 Å². The van der Waals surface area contributed by atoms with Crippen molar-refractivity contribution < 1.29 is 0 Å². The largest absolute Gasteiger partial charge is 0.338 e. The number of pyridine rings is 1. The smallest absolute Gasteiger partial charge is 0.237 e. The summed E-state index contributed by atoms with van der Waals surface area (Å²) in [6, 6.07) is 10.7. The van der Waals surface area contributed by atoms with Crippen LogP contribution in [0, 0.1) is 22.7 Å². The Balaban J connectivity index is 1.94. The van der Waals surface area contributed by atoms with Gasteiger partial charge in [0, 0.05) is 22.4 Å². The number of aromatic nitrogens is 3. The molecule has 3 aromatic rings. The first-order chi connectivity index (χ1) is 11.2. The number of imidazole rings is 1. The molecule has 0 amide bonds. The Morgan fingerprint density at radius 1 is 1.22 bits per heavy atom. The van der Waals surface area contributed by atoms with E-state index in [1.165, 1.54) is 0 Å². The summed E-state index contributed by atoms with van der Waals surface area (Å²) in [7, 11) is 0. The summed E-state index contributed by atoms with van der Waals surface area (Å²) in [6.45, 7) is 0. The van der Waals surface area contributed by atoms with Crippen LogP contribution in [0.5, 0.6) is 0 Å². The van der Waals surface area contributed by atoms with E-state index in [0.29, 0.717) is 11.5 Å². The number of hydrogen-bond acceptors (Lipinski definition) is 6. The quantitative estimate of drug-likeness (QED) is 0.546. The van der Waals surface area contributed by atoms with Gasteiger partial charge in [0.05, 0.1) is 16.7 Å². The molecule has 0 aliphatic carbocycles. The van der Waals surface area contributed by atoms with Crippen molar-refractivity contribution in [3.63, 3.8) is 0 Å². The molecule has 0 aliphatic rings. The topological polar surface area (TPSA) is 114 Å². The summed E-state index contributed by atoms with van der Waals surface area (Å²) in [5.41, 5.74) is 5.52. The molecular formula is C15H8BrN7. The van der Waals surface area contributed by atoms with Crippen LogP contribution < -0.4 is 5.43 Å². The maximum absolute atomic E-state index is 8.66. The lowest BCUT2D eigenvalue weighted by Crippen LogP contribution is -1.96. The number of hydrazone groups is 1. The molecule has 2 N–H and O–H groups in total. The van der Waals surface area contributed by atoms with Crippen molar-refractivity contribution in [1.29, 1.82) is 10.5 Å². The van der Waals surface area contributed by atoms with E-state index in [0.717, 1.165) is 21.1 Å². The van der Waals surface area contributed by atoms with Crippen molar-refractivity contribution in [2.45, 2.75) is 0 Å². The average molecular weight is 366 g/mol. The second-order valence-corrected chi connectivity index (χ2v) is 5.42. The Morgan fingerprint density at radius 3 is 2.78 bits per heavy atom. The maximum atomic E-state index is 8.66. The van der Waals surface area contributed by atoms with Gasteiger partial charge in [-0.1, -0.05) is 0 Å². The zero-order chi connectivity index (χ0) is 16.2. The molecule has 0 fully saturated rings. The Hall–Kier alpha value is -3.23. The van der Waals surface area contributed by atoms with Crippen molar-refractivity contribution in [1.82, 2.24) is 15.0 Å². The van der Waals surface area contributed by atoms with E-state index in [9.17, 15) is 0 Å². The van der Waals surface area contributed by atoms with Crippen LogP contribution in [0.4, 0.5) is 5.69 Å². The minimum Gasteiger partial charge on any atom is -0.338 e. The van der Waals surface area contributed by atoms with Crippen molar-refractivity contribution in [2.24, 2.45) is 5.10 Å². The van der Waals surface area contributed by atoms with Gasteiger partial charge in [0.25, 0.3) is 0 Å². The van der Waals surface area contributed by atoms with E-state index in [2.05, 4.69) is 41.4 Å². The molecule has 0 unspecified atom stereocenters. The van der Waals surface area contributed by atoms with Crippen LogP contribution in [0.15, 0.2) is 46.2 Å². The van der Waals surface area contributed by atoms with Gasteiger partial charge in [-0.25, -0.2) is 4.98 Å². The minimum absolute atomic E-state index is 0.240. The number of nitrogens with one attached hydrogen (secondary N) is 2. The van der Waals surface area contributed by atoms with Gasteiger partial charge in [-0.15, -0.1) is 0 Å². The maximum Gasteiger partial charge on any atom is 0.237 e. The first-order valence-electron chi connectivity index (χ1n) is 6.44. The molecule has 0 saturated heterocycles. The molecule has 2 aromatic heterocycles. The standard InChI is InChI=1S/C15H8BrN7/c16-10-3-9(7-19-8-10)15-20-13-2-1-11(4-14(13)21-15)22-23-12(5-17)6-18/h1-4,7-8,22H,(H,20,21). The fraction of sp³-hybridized carbons (Fsp3) is 0. The predicted molar refractivity (Wildman–Crippen MR) is 89.3 cm³/mol. The number of nitriles is 2. The highest BCUT2D eigenvalue weighted by molar-refractivity contribution is 9.10. The van der Waals surface area contributed by atoms with E-state index in [1.54, 1.807) is 36.7 Å². The third-order valence-electron chi connectivity index (χ3n) is 2.97. The Kier molecular flexibility index (Phi) is 4.00. The number of hydrogen-bond donors (Lipinski definition) is 2. The van der Waals surface area contributed by atoms with Crippen LogP contribution in [0.25, 0.3) is 22.4 Å². The van der Waals surface area contributed by atoms with Gasteiger partial charge in [0.1, 0.15) is 18.0 Å². The average Bonchev–Trinajstić information content (AvgIpc) is 2.99. The van der Waals surface area contributed by atoms with Crippen LogP contribution in [-0.4, -0.2) is 20.7 Å². The highest BCUT2D eigenvalue weighted by atomic mass is 79.9. The van der Waals surface area contributed by atoms with E-state index < -0.39 is 0 Å². The fourth-order valence-corrected chi connectivity index (χ4v) is 2.32. The van der Waals surface area contributed by atoms with Crippen LogP contribution in [0.2, 0.25) is 0 Å². The third kappa shape index (κ3) is 3.18. The molecule has 0 saturated carbocycles. The summed E-state index contributed by atoms with van der Waals surface area (Å²) in [4.78, 5) is 11.8. The molecule has 7 nitrogen and oxygen atoms in total. The first-order valence-corrected chi connectivity index (χ1v) is 7.23. The predicted octanol–water partition coefficient (Wildman–Crippen LogP) is 3.20. The van der Waals surface area contributed by atoms with E-state index in [-0.39, 0.29) is 5.71 Å². The first kappa shape index (κ1) is 14.7. The number of halogens is 1. The molecule has 0 bridgehead atoms. The van der Waals surface area contributed by atoms with Gasteiger partial charge in [0.15, 0.2) is 0 Å². The van der Waals surface area contributed by atoms with Gasteiger partial charge in [-0.2, -0.15) is 15.6 Å². The lowest BCUT2D eigenvalue weighted by Gasteiger charge is -1.98. The number of anilines is 1. The lowest BCUT2D eigenvalue weighted by atomic mass is 10.3. The van der Waals surface area contributed by atoms with Crippen molar-refractivity contribution in [2.75, 3.05) is 5.43 Å². The minimum atomic E-state index is -0.240. The summed E-state index contributed by atoms with van der Waals surface area (Å²) in [5.74, 6) is 0.698. The highest BCUT2D eigenvalue weighted by Gasteiger charge is 2.07. The summed E-state index contributed by atoms with van der Waals surface area (Å²) >= 11 is 3.38. The number of rotatable bonds is 3. The van der Waals surface area contributed by atoms with Gasteiger partial charge in [-0.05, 0) is 40.2 Å². The molecule has 2 heterocycles. The Bertz CT molecular complexity index is 975. The van der Waals surface area contributed by atoms with Crippen LogP contribution in [0.1, 0.15) is 0 Å². The molecule has 3 rings (SSSR count). The molecule has 110 valence electrons. The number of aromatic amines is 1. The fourth-order valence-electron chi connectivity index (χ4n) is 1.95. The second-order valence-electron chi connectivity index (χ2n) is 4.50. The summed E-state index contributed by atoms with van der Waals surface area (Å²) in [5, 5.41) is 21.0. The number of nitrogens with zero attached hydrogens (tertiary/aromatic N) is 5. The molecule has 8 heteroatoms. The van der Waals surface area contributed by atoms with Crippen molar-refractivity contribution in [3.8, 4) is 23.5 Å². The number of benzene rings is 1. The van der Waals surface area contributed by atoms with Crippen LogP contribution in [-0.2, 0) is 0 Å². The molecule has 0 aliphatic heterocycles. The zero-order valence-corrected chi connectivity index (χ0v) is 13.2. The van der Waals surface area contributed by atoms with Gasteiger partial charge in [-0.3, -0.25) is 10.4 Å². The monoisotopic (exact) mass is 365 g/mol. The summed E-state index contributed by atoms with van der Waals surface area (Å²) in [6.07, 6.45) is 3.42.